The first kappa shape index (κ1) is 27.1. The lowest BCUT2D eigenvalue weighted by molar-refractivity contribution is -0.137. The summed E-state index contributed by atoms with van der Waals surface area (Å²) >= 11 is 1.45. The zero-order valence-electron chi connectivity index (χ0n) is 20.5. The van der Waals surface area contributed by atoms with Gasteiger partial charge in [0.2, 0.25) is 0 Å². The van der Waals surface area contributed by atoms with Crippen molar-refractivity contribution in [1.82, 2.24) is 9.55 Å². The number of carbonyl (C=O) groups excluding carboxylic acids is 2. The second kappa shape index (κ2) is 13.5. The van der Waals surface area contributed by atoms with Crippen LogP contribution in [0.5, 0.6) is 0 Å². The van der Waals surface area contributed by atoms with Crippen LogP contribution in [0.1, 0.15) is 43.5 Å². The van der Waals surface area contributed by atoms with Gasteiger partial charge in [0.05, 0.1) is 29.8 Å². The molecule has 0 aliphatic rings. The lowest BCUT2D eigenvalue weighted by Crippen LogP contribution is -2.33. The van der Waals surface area contributed by atoms with Crippen LogP contribution in [0.25, 0.3) is 11.0 Å². The smallest absolute Gasteiger partial charge is 0.414 e. The summed E-state index contributed by atoms with van der Waals surface area (Å²) in [6.07, 6.45) is 1.85. The molecule has 0 unspecified atom stereocenters. The average molecular weight is 514 g/mol. The number of ether oxygens (including phenoxy) is 2. The third kappa shape index (κ3) is 7.24. The topological polar surface area (TPSA) is 111 Å². The highest BCUT2D eigenvalue weighted by Crippen LogP contribution is 2.25. The standard InChI is InChI=1S/C26H31N3O6S/c1-3-5-16-35-26(33)28(20-13-11-19(12-14-20)24(32)34-4-2)15-8-17-36-25-27-21-9-6-7-10-22(21)29(25)18-23(30)31/h6-7,9-14H,3-5,8,15-18H2,1-2H3,(H,30,31). The molecule has 2 aromatic carbocycles. The molecule has 0 saturated heterocycles. The van der Waals surface area contributed by atoms with Crippen LogP contribution in [0.15, 0.2) is 53.7 Å². The molecule has 9 nitrogen and oxygen atoms in total. The number of thioether (sulfide) groups is 1. The second-order valence-corrected chi connectivity index (χ2v) is 9.01. The van der Waals surface area contributed by atoms with Crippen molar-refractivity contribution in [2.75, 3.05) is 30.4 Å². The van der Waals surface area contributed by atoms with Crippen molar-refractivity contribution in [1.29, 1.82) is 0 Å². The van der Waals surface area contributed by atoms with E-state index in [4.69, 9.17) is 9.47 Å². The van der Waals surface area contributed by atoms with E-state index in [-0.39, 0.29) is 13.2 Å². The fourth-order valence-electron chi connectivity index (χ4n) is 3.54. The van der Waals surface area contributed by atoms with Crippen molar-refractivity contribution < 1.29 is 29.0 Å². The number of imidazole rings is 1. The Hall–Kier alpha value is -3.53. The van der Waals surface area contributed by atoms with E-state index in [0.717, 1.165) is 23.9 Å². The molecule has 0 radical (unpaired) electrons. The first-order chi connectivity index (χ1) is 17.4. The van der Waals surface area contributed by atoms with Crippen LogP contribution in [-0.2, 0) is 20.8 Å². The Morgan fingerprint density at radius 1 is 1.03 bits per heavy atom. The van der Waals surface area contributed by atoms with Gasteiger partial charge in [-0.3, -0.25) is 9.69 Å². The van der Waals surface area contributed by atoms with Gasteiger partial charge in [-0.2, -0.15) is 0 Å². The van der Waals surface area contributed by atoms with Crippen molar-refractivity contribution in [2.24, 2.45) is 0 Å². The molecule has 0 atom stereocenters. The van der Waals surface area contributed by atoms with E-state index in [1.807, 2.05) is 31.2 Å². The second-order valence-electron chi connectivity index (χ2n) is 7.95. The third-order valence-electron chi connectivity index (χ3n) is 5.30. The number of aliphatic carboxylic acids is 1. The highest BCUT2D eigenvalue weighted by atomic mass is 32.2. The maximum Gasteiger partial charge on any atom is 0.414 e. The van der Waals surface area contributed by atoms with E-state index in [1.165, 1.54) is 11.8 Å². The minimum absolute atomic E-state index is 0.175. The Bertz CT molecular complexity index is 1180. The zero-order chi connectivity index (χ0) is 25.9. The number of carboxylic acids is 1. The molecule has 3 rings (SSSR count). The molecule has 0 spiro atoms. The van der Waals surface area contributed by atoms with Crippen LogP contribution in [0, 0.1) is 0 Å². The van der Waals surface area contributed by atoms with Gasteiger partial charge in [0.1, 0.15) is 6.54 Å². The number of rotatable bonds is 13. The Kier molecular flexibility index (Phi) is 10.2. The number of unbranched alkanes of at least 4 members (excludes halogenated alkanes) is 1. The van der Waals surface area contributed by atoms with E-state index >= 15 is 0 Å². The summed E-state index contributed by atoms with van der Waals surface area (Å²) in [6, 6.07) is 14.1. The SMILES string of the molecule is CCCCOC(=O)N(CCCSc1nc2ccccc2n1CC(=O)O)c1ccc(C(=O)OCC)cc1. The summed E-state index contributed by atoms with van der Waals surface area (Å²) in [7, 11) is 0. The Labute approximate surface area is 214 Å². The summed E-state index contributed by atoms with van der Waals surface area (Å²) in [5.41, 5.74) is 2.54. The third-order valence-corrected chi connectivity index (χ3v) is 6.37. The molecule has 10 heteroatoms. The molecule has 1 N–H and O–H groups in total. The van der Waals surface area contributed by atoms with Gasteiger partial charge in [-0.25, -0.2) is 14.6 Å². The van der Waals surface area contributed by atoms with E-state index in [0.29, 0.717) is 41.7 Å². The van der Waals surface area contributed by atoms with Crippen molar-refractivity contribution in [3.8, 4) is 0 Å². The largest absolute Gasteiger partial charge is 0.480 e. The summed E-state index contributed by atoms with van der Waals surface area (Å²) < 4.78 is 12.2. The van der Waals surface area contributed by atoms with Crippen LogP contribution in [-0.4, -0.2) is 58.2 Å². The molecule has 0 bridgehead atoms. The summed E-state index contributed by atoms with van der Waals surface area (Å²) in [5, 5.41) is 9.95. The highest BCUT2D eigenvalue weighted by molar-refractivity contribution is 7.99. The first-order valence-corrected chi connectivity index (χ1v) is 12.9. The quantitative estimate of drug-likeness (QED) is 0.188. The lowest BCUT2D eigenvalue weighted by atomic mass is 10.2. The number of benzene rings is 2. The highest BCUT2D eigenvalue weighted by Gasteiger charge is 2.19. The number of hydrogen-bond donors (Lipinski definition) is 1. The average Bonchev–Trinajstić information content (AvgIpc) is 3.21. The van der Waals surface area contributed by atoms with E-state index < -0.39 is 18.0 Å². The molecule has 1 aromatic heterocycles. The van der Waals surface area contributed by atoms with E-state index in [1.54, 1.807) is 40.7 Å². The van der Waals surface area contributed by atoms with Gasteiger partial charge in [-0.15, -0.1) is 0 Å². The minimum Gasteiger partial charge on any atom is -0.480 e. The molecule has 1 amide bonds. The lowest BCUT2D eigenvalue weighted by Gasteiger charge is -2.22. The molecule has 3 aromatic rings. The van der Waals surface area contributed by atoms with Gasteiger partial charge in [-0.05, 0) is 56.2 Å². The normalized spacial score (nSPS) is 10.8. The fourth-order valence-corrected chi connectivity index (χ4v) is 4.47. The maximum absolute atomic E-state index is 12.8. The molecular weight excluding hydrogens is 482 g/mol. The monoisotopic (exact) mass is 513 g/mol. The van der Waals surface area contributed by atoms with E-state index in [2.05, 4.69) is 4.98 Å². The minimum atomic E-state index is -0.938. The van der Waals surface area contributed by atoms with Crippen LogP contribution in [0.3, 0.4) is 0 Å². The number of aromatic nitrogens is 2. The summed E-state index contributed by atoms with van der Waals surface area (Å²) in [5.74, 6) is -0.739. The van der Waals surface area contributed by atoms with Crippen LogP contribution in [0.2, 0.25) is 0 Å². The summed E-state index contributed by atoms with van der Waals surface area (Å²) in [6.45, 7) is 4.60. The molecular formula is C26H31N3O6S. The van der Waals surface area contributed by atoms with Gasteiger partial charge in [-0.1, -0.05) is 37.2 Å². The van der Waals surface area contributed by atoms with Crippen LogP contribution < -0.4 is 4.90 Å². The fraction of sp³-hybridized carbons (Fsp3) is 0.385. The zero-order valence-corrected chi connectivity index (χ0v) is 21.3. The number of amides is 1. The van der Waals surface area contributed by atoms with Crippen molar-refractivity contribution in [3.05, 3.63) is 54.1 Å². The number of nitrogens with zero attached hydrogens (tertiary/aromatic N) is 3. The molecule has 0 fully saturated rings. The number of para-hydroxylation sites is 2. The predicted octanol–water partition coefficient (Wildman–Crippen LogP) is 5.22. The van der Waals surface area contributed by atoms with Gasteiger partial charge >= 0.3 is 18.0 Å². The van der Waals surface area contributed by atoms with Gasteiger partial charge in [0.25, 0.3) is 0 Å². The summed E-state index contributed by atoms with van der Waals surface area (Å²) in [4.78, 5) is 42.3. The van der Waals surface area contributed by atoms with Crippen LogP contribution in [0.4, 0.5) is 10.5 Å². The van der Waals surface area contributed by atoms with E-state index in [9.17, 15) is 19.5 Å². The number of hydrogen-bond acceptors (Lipinski definition) is 7. The molecule has 1 heterocycles. The first-order valence-electron chi connectivity index (χ1n) is 12.0. The Morgan fingerprint density at radius 2 is 1.78 bits per heavy atom. The number of fused-ring (bicyclic) bond motifs is 1. The molecule has 192 valence electrons. The number of anilines is 1. The van der Waals surface area contributed by atoms with Gasteiger partial charge in [0, 0.05) is 18.0 Å². The number of carbonyl (C=O) groups is 3. The molecule has 0 saturated carbocycles. The number of carboxylic acid groups (broad SMARTS) is 1. The maximum atomic E-state index is 12.8. The van der Waals surface area contributed by atoms with Gasteiger partial charge < -0.3 is 19.1 Å². The van der Waals surface area contributed by atoms with Gasteiger partial charge in [0.15, 0.2) is 5.16 Å². The molecule has 0 aliphatic heterocycles. The van der Waals surface area contributed by atoms with Crippen molar-refractivity contribution in [2.45, 2.75) is 44.8 Å². The van der Waals surface area contributed by atoms with Crippen molar-refractivity contribution in [3.63, 3.8) is 0 Å². The predicted molar refractivity (Wildman–Crippen MR) is 139 cm³/mol. The Morgan fingerprint density at radius 3 is 2.47 bits per heavy atom. The Balaban J connectivity index is 1.69. The molecule has 36 heavy (non-hydrogen) atoms. The van der Waals surface area contributed by atoms with Crippen molar-refractivity contribution >= 4 is 46.5 Å². The number of esters is 1. The molecule has 0 aliphatic carbocycles. The van der Waals surface area contributed by atoms with Crippen LogP contribution >= 0.6 is 11.8 Å².